The molecule has 0 aliphatic carbocycles. The van der Waals surface area contributed by atoms with E-state index in [2.05, 4.69) is 22.6 Å². The largest absolute Gasteiger partial charge is 0.465 e. The molecule has 0 heterocycles. The minimum atomic E-state index is -0.287. The lowest BCUT2D eigenvalue weighted by molar-refractivity contribution is 0.0600. The average molecular weight is 312 g/mol. The van der Waals surface area contributed by atoms with Crippen LogP contribution in [0.15, 0.2) is 36.4 Å². The smallest absolute Gasteiger partial charge is 0.338 e. The van der Waals surface area contributed by atoms with Crippen LogP contribution in [-0.2, 0) is 4.74 Å². The average Bonchev–Trinajstić information content (AvgIpc) is 2.29. The first-order chi connectivity index (χ1) is 7.24. The van der Waals surface area contributed by atoms with Crippen LogP contribution >= 0.6 is 22.6 Å². The topological polar surface area (TPSA) is 26.3 Å². The Morgan fingerprint density at radius 3 is 2.67 bits per heavy atom. The maximum atomic E-state index is 11.5. The predicted molar refractivity (Wildman–Crippen MR) is 68.0 cm³/mol. The minimum absolute atomic E-state index is 0.287. The van der Waals surface area contributed by atoms with Gasteiger partial charge in [-0.2, -0.15) is 0 Å². The van der Waals surface area contributed by atoms with E-state index >= 15 is 0 Å². The maximum Gasteiger partial charge on any atom is 0.338 e. The molecular formula is C12H9IO2. The summed E-state index contributed by atoms with van der Waals surface area (Å²) in [4.78, 5) is 11.5. The number of carbonyl (C=O) groups is 1. The van der Waals surface area contributed by atoms with Gasteiger partial charge in [0, 0.05) is 3.57 Å². The Balaban J connectivity index is 2.70. The fourth-order valence-corrected chi connectivity index (χ4v) is 2.39. The Bertz CT molecular complexity index is 520. The van der Waals surface area contributed by atoms with Crippen LogP contribution in [0.2, 0.25) is 0 Å². The van der Waals surface area contributed by atoms with E-state index in [-0.39, 0.29) is 5.97 Å². The number of esters is 1. The van der Waals surface area contributed by atoms with Gasteiger partial charge in [-0.1, -0.05) is 30.3 Å². The number of carbonyl (C=O) groups excluding carboxylic acids is 1. The highest BCUT2D eigenvalue weighted by Crippen LogP contribution is 2.24. The Morgan fingerprint density at radius 1 is 1.20 bits per heavy atom. The summed E-state index contributed by atoms with van der Waals surface area (Å²) in [6, 6.07) is 11.7. The Morgan fingerprint density at radius 2 is 1.93 bits per heavy atom. The van der Waals surface area contributed by atoms with E-state index in [0.717, 1.165) is 14.3 Å². The zero-order chi connectivity index (χ0) is 10.8. The first-order valence-corrected chi connectivity index (χ1v) is 5.57. The van der Waals surface area contributed by atoms with Gasteiger partial charge in [-0.05, 0) is 39.4 Å². The number of benzene rings is 2. The number of ether oxygens (including phenoxy) is 1. The molecule has 2 aromatic rings. The van der Waals surface area contributed by atoms with Gasteiger partial charge < -0.3 is 4.74 Å². The maximum absolute atomic E-state index is 11.5. The number of fused-ring (bicyclic) bond motifs is 1. The molecule has 0 bridgehead atoms. The minimum Gasteiger partial charge on any atom is -0.465 e. The number of hydrogen-bond donors (Lipinski definition) is 0. The lowest BCUT2D eigenvalue weighted by Crippen LogP contribution is -2.03. The van der Waals surface area contributed by atoms with Gasteiger partial charge in [0.1, 0.15) is 0 Å². The molecule has 3 heteroatoms. The first-order valence-electron chi connectivity index (χ1n) is 4.49. The van der Waals surface area contributed by atoms with Crippen LogP contribution in [0.4, 0.5) is 0 Å². The molecule has 0 spiro atoms. The summed E-state index contributed by atoms with van der Waals surface area (Å²) in [6.45, 7) is 0. The number of halogens is 1. The zero-order valence-corrected chi connectivity index (χ0v) is 10.3. The van der Waals surface area contributed by atoms with Crippen LogP contribution < -0.4 is 0 Å². The molecule has 0 saturated heterocycles. The lowest BCUT2D eigenvalue weighted by Gasteiger charge is -2.05. The van der Waals surface area contributed by atoms with Gasteiger partial charge in [0.05, 0.1) is 12.7 Å². The van der Waals surface area contributed by atoms with Crippen LogP contribution in [0.3, 0.4) is 0 Å². The number of hydrogen-bond acceptors (Lipinski definition) is 2. The summed E-state index contributed by atoms with van der Waals surface area (Å²) in [5, 5.41) is 2.22. The van der Waals surface area contributed by atoms with Crippen molar-refractivity contribution in [1.82, 2.24) is 0 Å². The molecular weight excluding hydrogens is 303 g/mol. The van der Waals surface area contributed by atoms with Gasteiger partial charge in [0.15, 0.2) is 0 Å². The highest BCUT2D eigenvalue weighted by molar-refractivity contribution is 14.1. The Labute approximate surface area is 101 Å². The molecule has 2 rings (SSSR count). The molecule has 0 radical (unpaired) electrons. The van der Waals surface area contributed by atoms with Gasteiger partial charge >= 0.3 is 5.97 Å². The molecule has 0 aliphatic heterocycles. The quantitative estimate of drug-likeness (QED) is 0.597. The van der Waals surface area contributed by atoms with Crippen molar-refractivity contribution in [3.8, 4) is 0 Å². The second-order valence-corrected chi connectivity index (χ2v) is 4.22. The third kappa shape index (κ3) is 1.84. The molecule has 0 fully saturated rings. The van der Waals surface area contributed by atoms with Gasteiger partial charge in [-0.15, -0.1) is 0 Å². The van der Waals surface area contributed by atoms with E-state index in [9.17, 15) is 4.79 Å². The highest BCUT2D eigenvalue weighted by Gasteiger charge is 2.11. The molecule has 0 saturated carbocycles. The van der Waals surface area contributed by atoms with E-state index in [0.29, 0.717) is 5.56 Å². The van der Waals surface area contributed by atoms with Crippen molar-refractivity contribution in [1.29, 1.82) is 0 Å². The van der Waals surface area contributed by atoms with Crippen molar-refractivity contribution in [3.63, 3.8) is 0 Å². The van der Waals surface area contributed by atoms with Gasteiger partial charge in [0.25, 0.3) is 0 Å². The monoisotopic (exact) mass is 312 g/mol. The summed E-state index contributed by atoms with van der Waals surface area (Å²) in [5.41, 5.74) is 0.622. The van der Waals surface area contributed by atoms with E-state index in [1.807, 2.05) is 30.3 Å². The van der Waals surface area contributed by atoms with Crippen LogP contribution in [-0.4, -0.2) is 13.1 Å². The normalized spacial score (nSPS) is 10.3. The van der Waals surface area contributed by atoms with Crippen molar-refractivity contribution >= 4 is 39.3 Å². The molecule has 0 N–H and O–H groups in total. The second-order valence-electron chi connectivity index (χ2n) is 3.14. The summed E-state index contributed by atoms with van der Waals surface area (Å²) >= 11 is 2.18. The van der Waals surface area contributed by atoms with Crippen LogP contribution in [0.25, 0.3) is 10.8 Å². The number of rotatable bonds is 1. The van der Waals surface area contributed by atoms with Gasteiger partial charge in [-0.3, -0.25) is 0 Å². The molecule has 2 aromatic carbocycles. The van der Waals surface area contributed by atoms with E-state index in [1.165, 1.54) is 7.11 Å². The van der Waals surface area contributed by atoms with Crippen molar-refractivity contribution in [2.24, 2.45) is 0 Å². The summed E-state index contributed by atoms with van der Waals surface area (Å²) in [6.07, 6.45) is 0. The Kier molecular flexibility index (Phi) is 2.90. The van der Waals surface area contributed by atoms with Crippen molar-refractivity contribution in [2.45, 2.75) is 0 Å². The fraction of sp³-hybridized carbons (Fsp3) is 0.0833. The van der Waals surface area contributed by atoms with Gasteiger partial charge in [0.2, 0.25) is 0 Å². The van der Waals surface area contributed by atoms with E-state index in [4.69, 9.17) is 4.74 Å². The van der Waals surface area contributed by atoms with E-state index in [1.54, 1.807) is 6.07 Å². The molecule has 76 valence electrons. The number of methoxy groups -OCH3 is 1. The fourth-order valence-electron chi connectivity index (χ4n) is 1.50. The van der Waals surface area contributed by atoms with Crippen molar-refractivity contribution < 1.29 is 9.53 Å². The van der Waals surface area contributed by atoms with Crippen LogP contribution in [0.5, 0.6) is 0 Å². The molecule has 0 amide bonds. The van der Waals surface area contributed by atoms with Crippen molar-refractivity contribution in [3.05, 3.63) is 45.5 Å². The SMILES string of the molecule is COC(=O)c1ccc2ccccc2c1I. The Hall–Kier alpha value is -1.10. The standard InChI is InChI=1S/C12H9IO2/c1-15-12(14)10-7-6-8-4-2-3-5-9(8)11(10)13/h2-7H,1H3. The van der Waals surface area contributed by atoms with Crippen LogP contribution in [0, 0.1) is 3.57 Å². The predicted octanol–water partition coefficient (Wildman–Crippen LogP) is 3.23. The third-order valence-corrected chi connectivity index (χ3v) is 3.43. The lowest BCUT2D eigenvalue weighted by atomic mass is 10.1. The zero-order valence-electron chi connectivity index (χ0n) is 8.16. The molecule has 0 aliphatic rings. The summed E-state index contributed by atoms with van der Waals surface area (Å²) in [5.74, 6) is -0.287. The molecule has 2 nitrogen and oxygen atoms in total. The molecule has 0 unspecified atom stereocenters. The molecule has 0 atom stereocenters. The highest BCUT2D eigenvalue weighted by atomic mass is 127. The second kappa shape index (κ2) is 4.18. The van der Waals surface area contributed by atoms with Crippen LogP contribution in [0.1, 0.15) is 10.4 Å². The summed E-state index contributed by atoms with van der Waals surface area (Å²) < 4.78 is 5.66. The summed E-state index contributed by atoms with van der Waals surface area (Å²) in [7, 11) is 1.40. The van der Waals surface area contributed by atoms with Crippen molar-refractivity contribution in [2.75, 3.05) is 7.11 Å². The molecule has 0 aromatic heterocycles. The first kappa shape index (κ1) is 10.4. The molecule has 15 heavy (non-hydrogen) atoms. The van der Waals surface area contributed by atoms with E-state index < -0.39 is 0 Å². The third-order valence-electron chi connectivity index (χ3n) is 2.27. The van der Waals surface area contributed by atoms with Gasteiger partial charge in [-0.25, -0.2) is 4.79 Å².